The van der Waals surface area contributed by atoms with Crippen LogP contribution in [0.1, 0.15) is 38.3 Å². The number of alkyl halides is 2. The summed E-state index contributed by atoms with van der Waals surface area (Å²) in [5, 5.41) is 3.36. The van der Waals surface area contributed by atoms with Crippen LogP contribution in [0.4, 0.5) is 17.6 Å². The first-order valence-electron chi connectivity index (χ1n) is 8.09. The minimum atomic E-state index is -2.63. The maximum Gasteiger partial charge on any atom is 0.248 e. The van der Waals surface area contributed by atoms with Crippen molar-refractivity contribution in [2.24, 2.45) is 5.92 Å². The third-order valence-electron chi connectivity index (χ3n) is 5.02. The molecule has 128 valence electrons. The normalized spacial score (nSPS) is 30.0. The number of nitrogens with zero attached hydrogens (tertiary/aromatic N) is 1. The summed E-state index contributed by atoms with van der Waals surface area (Å²) in [6, 6.07) is 3.86. The van der Waals surface area contributed by atoms with Gasteiger partial charge in [0.05, 0.1) is 0 Å². The van der Waals surface area contributed by atoms with Gasteiger partial charge in [-0.2, -0.15) is 0 Å². The van der Waals surface area contributed by atoms with Crippen LogP contribution in [0, 0.1) is 17.6 Å². The molecule has 6 heteroatoms. The van der Waals surface area contributed by atoms with Crippen molar-refractivity contribution in [1.29, 1.82) is 0 Å². The van der Waals surface area contributed by atoms with Gasteiger partial charge in [-0.05, 0) is 37.5 Å². The molecule has 1 aliphatic carbocycles. The molecule has 0 aromatic heterocycles. The summed E-state index contributed by atoms with van der Waals surface area (Å²) >= 11 is 0. The molecule has 2 aliphatic rings. The van der Waals surface area contributed by atoms with Crippen molar-refractivity contribution in [2.75, 3.05) is 13.1 Å². The van der Waals surface area contributed by atoms with Gasteiger partial charge in [0.1, 0.15) is 0 Å². The Bertz CT molecular complexity index is 570. The van der Waals surface area contributed by atoms with Gasteiger partial charge >= 0.3 is 0 Å². The number of nitrogens with one attached hydrogen (secondary N) is 1. The minimum Gasteiger partial charge on any atom is -0.311 e. The summed E-state index contributed by atoms with van der Waals surface area (Å²) in [5.41, 5.74) is 0.588. The molecule has 0 bridgehead atoms. The van der Waals surface area contributed by atoms with Crippen LogP contribution in [0.5, 0.6) is 0 Å². The van der Waals surface area contributed by atoms with Crippen molar-refractivity contribution in [3.05, 3.63) is 35.4 Å². The topological polar surface area (TPSA) is 15.3 Å². The fourth-order valence-electron chi connectivity index (χ4n) is 3.80. The minimum absolute atomic E-state index is 0.151. The van der Waals surface area contributed by atoms with Gasteiger partial charge in [-0.3, -0.25) is 4.90 Å². The molecule has 3 rings (SSSR count). The van der Waals surface area contributed by atoms with E-state index in [-0.39, 0.29) is 36.9 Å². The van der Waals surface area contributed by atoms with Crippen LogP contribution in [-0.2, 0) is 0 Å². The predicted molar refractivity (Wildman–Crippen MR) is 80.4 cm³/mol. The molecule has 3 atom stereocenters. The largest absolute Gasteiger partial charge is 0.311 e. The lowest BCUT2D eigenvalue weighted by Crippen LogP contribution is -2.58. The highest BCUT2D eigenvalue weighted by Gasteiger charge is 2.51. The van der Waals surface area contributed by atoms with E-state index in [0.29, 0.717) is 12.1 Å². The molecule has 1 heterocycles. The quantitative estimate of drug-likeness (QED) is 0.850. The summed E-state index contributed by atoms with van der Waals surface area (Å²) in [6.45, 7) is 5.52. The molecular formula is C17H22F4N2. The number of hydrogen-bond acceptors (Lipinski definition) is 2. The number of halogens is 4. The summed E-state index contributed by atoms with van der Waals surface area (Å²) in [7, 11) is 0. The lowest BCUT2D eigenvalue weighted by molar-refractivity contribution is -0.137. The first-order valence-corrected chi connectivity index (χ1v) is 8.09. The van der Waals surface area contributed by atoms with Crippen molar-refractivity contribution in [2.45, 2.75) is 50.7 Å². The van der Waals surface area contributed by atoms with E-state index in [1.165, 1.54) is 6.07 Å². The van der Waals surface area contributed by atoms with Gasteiger partial charge in [-0.25, -0.2) is 17.6 Å². The highest BCUT2D eigenvalue weighted by atomic mass is 19.3. The molecule has 1 saturated carbocycles. The van der Waals surface area contributed by atoms with Crippen molar-refractivity contribution < 1.29 is 17.6 Å². The van der Waals surface area contributed by atoms with Crippen LogP contribution in [0.15, 0.2) is 18.2 Å². The highest BCUT2D eigenvalue weighted by Crippen LogP contribution is 2.50. The molecule has 1 aliphatic heterocycles. The SMILES string of the molecule is C[C@@H]1CN[C@@H](C)CN1C(c1ccc(F)c(F)c1)C1CC(F)(F)C1. The van der Waals surface area contributed by atoms with E-state index >= 15 is 0 Å². The molecule has 23 heavy (non-hydrogen) atoms. The Morgan fingerprint density at radius 2 is 1.87 bits per heavy atom. The monoisotopic (exact) mass is 330 g/mol. The van der Waals surface area contributed by atoms with Crippen LogP contribution in [-0.4, -0.2) is 36.0 Å². The zero-order valence-corrected chi connectivity index (χ0v) is 13.3. The van der Waals surface area contributed by atoms with Crippen molar-refractivity contribution in [1.82, 2.24) is 10.2 Å². The van der Waals surface area contributed by atoms with Gasteiger partial charge in [-0.1, -0.05) is 6.07 Å². The Balaban J connectivity index is 1.91. The molecule has 0 amide bonds. The molecule has 1 unspecified atom stereocenters. The van der Waals surface area contributed by atoms with E-state index in [9.17, 15) is 17.6 Å². The standard InChI is InChI=1S/C17H22F4N2/c1-10-9-23(11(2)8-22-10)16(13-6-17(20,21)7-13)12-3-4-14(18)15(19)5-12/h3-5,10-11,13,16,22H,6-9H2,1-2H3/t10-,11+,16?/m0/s1. The Morgan fingerprint density at radius 3 is 2.48 bits per heavy atom. The van der Waals surface area contributed by atoms with Crippen LogP contribution in [0.25, 0.3) is 0 Å². The van der Waals surface area contributed by atoms with Gasteiger partial charge < -0.3 is 5.32 Å². The Morgan fingerprint density at radius 1 is 1.17 bits per heavy atom. The van der Waals surface area contributed by atoms with E-state index in [2.05, 4.69) is 10.2 Å². The molecule has 2 fully saturated rings. The third kappa shape index (κ3) is 3.38. The molecule has 1 aromatic rings. The number of benzene rings is 1. The highest BCUT2D eigenvalue weighted by molar-refractivity contribution is 5.24. The molecular weight excluding hydrogens is 308 g/mol. The zero-order valence-electron chi connectivity index (χ0n) is 13.3. The van der Waals surface area contributed by atoms with E-state index in [1.54, 1.807) is 0 Å². The second-order valence-corrected chi connectivity index (χ2v) is 7.00. The summed E-state index contributed by atoms with van der Waals surface area (Å²) in [5.74, 6) is -4.70. The van der Waals surface area contributed by atoms with E-state index in [4.69, 9.17) is 0 Å². The van der Waals surface area contributed by atoms with Crippen molar-refractivity contribution >= 4 is 0 Å². The Kier molecular flexibility index (Phi) is 4.40. The second kappa shape index (κ2) is 6.06. The summed E-state index contributed by atoms with van der Waals surface area (Å²) < 4.78 is 53.7. The molecule has 1 N–H and O–H groups in total. The Hall–Kier alpha value is -1.14. The molecule has 1 saturated heterocycles. The van der Waals surface area contributed by atoms with Crippen molar-refractivity contribution in [3.8, 4) is 0 Å². The van der Waals surface area contributed by atoms with Crippen LogP contribution in [0.3, 0.4) is 0 Å². The van der Waals surface area contributed by atoms with Gasteiger partial charge in [0.15, 0.2) is 11.6 Å². The first kappa shape index (κ1) is 16.7. The van der Waals surface area contributed by atoms with Crippen LogP contribution in [0.2, 0.25) is 0 Å². The number of rotatable bonds is 3. The fourth-order valence-corrected chi connectivity index (χ4v) is 3.80. The predicted octanol–water partition coefficient (Wildman–Crippen LogP) is 3.73. The number of piperazine rings is 1. The lowest BCUT2D eigenvalue weighted by atomic mass is 9.73. The van der Waals surface area contributed by atoms with E-state index in [0.717, 1.165) is 18.7 Å². The zero-order chi connectivity index (χ0) is 16.8. The summed E-state index contributed by atoms with van der Waals surface area (Å²) in [4.78, 5) is 2.16. The maximum atomic E-state index is 13.7. The van der Waals surface area contributed by atoms with Crippen LogP contribution < -0.4 is 5.32 Å². The Labute approximate surface area is 133 Å². The van der Waals surface area contributed by atoms with E-state index < -0.39 is 17.6 Å². The molecule has 0 spiro atoms. The smallest absolute Gasteiger partial charge is 0.248 e. The second-order valence-electron chi connectivity index (χ2n) is 7.00. The van der Waals surface area contributed by atoms with Gasteiger partial charge in [0, 0.05) is 44.1 Å². The van der Waals surface area contributed by atoms with Gasteiger partial charge in [-0.15, -0.1) is 0 Å². The maximum absolute atomic E-state index is 13.7. The molecule has 0 radical (unpaired) electrons. The lowest BCUT2D eigenvalue weighted by Gasteiger charge is -2.49. The molecule has 1 aromatic carbocycles. The van der Waals surface area contributed by atoms with Gasteiger partial charge in [0.2, 0.25) is 5.92 Å². The number of hydrogen-bond donors (Lipinski definition) is 1. The average Bonchev–Trinajstić information content (AvgIpc) is 2.45. The van der Waals surface area contributed by atoms with Gasteiger partial charge in [0.25, 0.3) is 0 Å². The fraction of sp³-hybridized carbons (Fsp3) is 0.647. The average molecular weight is 330 g/mol. The third-order valence-corrected chi connectivity index (χ3v) is 5.02. The summed E-state index contributed by atoms with van der Waals surface area (Å²) in [6.07, 6.45) is -0.386. The van der Waals surface area contributed by atoms with Crippen molar-refractivity contribution in [3.63, 3.8) is 0 Å². The van der Waals surface area contributed by atoms with Crippen LogP contribution >= 0.6 is 0 Å². The van der Waals surface area contributed by atoms with E-state index in [1.807, 2.05) is 13.8 Å². The molecule has 2 nitrogen and oxygen atoms in total. The first-order chi connectivity index (χ1) is 10.8.